The SMILES string of the molecule is Cc1cc(C)c([Si]2(c3c(C)cc(C)cc3C)P=C(CC3CCCCC3)[Si]2(c2c(C)cc(C)cc2C)c2c(C)cc(C)cc2C)c(C)c1. The summed E-state index contributed by atoms with van der Waals surface area (Å²) in [6.45, 7) is 28.9. The maximum absolute atomic E-state index is 2.61. The second-order valence-electron chi connectivity index (χ2n) is 15.8. The molecule has 6 rings (SSSR count). The van der Waals surface area contributed by atoms with Gasteiger partial charge in [-0.05, 0) is 116 Å². The smallest absolute Gasteiger partial charge is 0.122 e. The minimum absolute atomic E-state index is 0.822. The van der Waals surface area contributed by atoms with Gasteiger partial charge in [-0.15, -0.1) is 7.75 Å². The van der Waals surface area contributed by atoms with Crippen molar-refractivity contribution in [3.8, 4) is 0 Å². The summed E-state index contributed by atoms with van der Waals surface area (Å²) in [4.78, 5) is 1.94. The summed E-state index contributed by atoms with van der Waals surface area (Å²) in [5.41, 5.74) is 17.8. The highest BCUT2D eigenvalue weighted by atomic mass is 31.4. The maximum Gasteiger partial charge on any atom is 0.178 e. The van der Waals surface area contributed by atoms with Crippen LogP contribution in [0.3, 0.4) is 0 Å². The average molecular weight is 673 g/mol. The fourth-order valence-corrected chi connectivity index (χ4v) is 45.6. The lowest BCUT2D eigenvalue weighted by molar-refractivity contribution is 0.370. The van der Waals surface area contributed by atoms with Crippen LogP contribution in [-0.4, -0.2) is 19.8 Å². The van der Waals surface area contributed by atoms with Gasteiger partial charge in [0, 0.05) is 0 Å². The van der Waals surface area contributed by atoms with Gasteiger partial charge in [-0.1, -0.05) is 152 Å². The van der Waals surface area contributed by atoms with Gasteiger partial charge in [-0.2, -0.15) is 0 Å². The predicted octanol–water partition coefficient (Wildman–Crippen LogP) is 9.43. The lowest BCUT2D eigenvalue weighted by atomic mass is 9.87. The van der Waals surface area contributed by atoms with Crippen LogP contribution in [0, 0.1) is 89.0 Å². The third kappa shape index (κ3) is 5.42. The minimum Gasteiger partial charge on any atom is -0.122 e. The third-order valence-corrected chi connectivity index (χ3v) is 37.7. The first-order valence-corrected chi connectivity index (χ1v) is 24.9. The number of rotatable bonds is 6. The second kappa shape index (κ2) is 12.7. The summed E-state index contributed by atoms with van der Waals surface area (Å²) in [6, 6.07) is 20.2. The van der Waals surface area contributed by atoms with E-state index in [1.807, 2.05) is 4.92 Å². The van der Waals surface area contributed by atoms with Gasteiger partial charge in [0.2, 0.25) is 0 Å². The van der Waals surface area contributed by atoms with Gasteiger partial charge in [-0.3, -0.25) is 0 Å². The first kappa shape index (κ1) is 34.4. The van der Waals surface area contributed by atoms with Gasteiger partial charge in [0.25, 0.3) is 0 Å². The molecule has 0 saturated heterocycles. The topological polar surface area (TPSA) is 0 Å². The van der Waals surface area contributed by atoms with E-state index < -0.39 is 14.9 Å². The van der Waals surface area contributed by atoms with E-state index in [1.165, 1.54) is 105 Å². The number of benzene rings is 4. The lowest BCUT2D eigenvalue weighted by Gasteiger charge is -2.59. The van der Waals surface area contributed by atoms with E-state index in [4.69, 9.17) is 0 Å². The van der Waals surface area contributed by atoms with E-state index >= 15 is 0 Å². The minimum atomic E-state index is -2.61. The van der Waals surface area contributed by atoms with Crippen LogP contribution in [0.4, 0.5) is 0 Å². The van der Waals surface area contributed by atoms with Crippen LogP contribution < -0.4 is 20.7 Å². The van der Waals surface area contributed by atoms with Crippen LogP contribution in [-0.2, 0) is 0 Å². The van der Waals surface area contributed by atoms with Crippen LogP contribution in [0.15, 0.2) is 48.5 Å². The van der Waals surface area contributed by atoms with E-state index in [9.17, 15) is 0 Å². The highest BCUT2D eigenvalue weighted by molar-refractivity contribution is 8.18. The van der Waals surface area contributed by atoms with Crippen LogP contribution in [0.1, 0.15) is 105 Å². The average Bonchev–Trinajstić information content (AvgIpc) is 2.94. The van der Waals surface area contributed by atoms with Gasteiger partial charge in [0.05, 0.1) is 0 Å². The van der Waals surface area contributed by atoms with Crippen molar-refractivity contribution in [1.29, 1.82) is 0 Å². The fourth-order valence-electron chi connectivity index (χ4n) is 10.8. The first-order chi connectivity index (χ1) is 22.2. The van der Waals surface area contributed by atoms with Crippen LogP contribution in [0.5, 0.6) is 0 Å². The molecule has 0 atom stereocenters. The standard InChI is InChI=1S/C44H57PSi2/c1-27-18-31(5)41(32(6)19-27)46(42-33(7)20-28(2)21-34(42)8)40(26-39-16-14-13-15-17-39)45-47(46,43-35(9)22-29(3)23-36(43)10)44-37(11)24-30(4)25-38(44)12/h18-25,39H,13-17,26H2,1-12H3. The summed E-state index contributed by atoms with van der Waals surface area (Å²) in [5.74, 6) is 0.822. The molecule has 1 aliphatic carbocycles. The number of hydrogen-bond donors (Lipinski definition) is 0. The molecule has 0 amide bonds. The van der Waals surface area contributed by atoms with Gasteiger partial charge < -0.3 is 0 Å². The molecular formula is C44H57PSi2. The lowest BCUT2D eigenvalue weighted by Crippen LogP contribution is -2.93. The first-order valence-electron chi connectivity index (χ1n) is 18.1. The highest BCUT2D eigenvalue weighted by Crippen LogP contribution is 2.49. The molecule has 246 valence electrons. The largest absolute Gasteiger partial charge is 0.178 e. The van der Waals surface area contributed by atoms with Crippen molar-refractivity contribution in [2.45, 2.75) is 122 Å². The Hall–Kier alpha value is -2.52. The summed E-state index contributed by atoms with van der Waals surface area (Å²) >= 11 is 0. The van der Waals surface area contributed by atoms with Crippen LogP contribution in [0.25, 0.3) is 0 Å². The number of aryl methyl sites for hydroxylation is 12. The normalized spacial score (nSPS) is 17.7. The zero-order valence-electron chi connectivity index (χ0n) is 31.4. The highest BCUT2D eigenvalue weighted by Gasteiger charge is 2.70. The molecular weight excluding hydrogens is 616 g/mol. The van der Waals surface area contributed by atoms with Crippen molar-refractivity contribution in [3.05, 3.63) is 115 Å². The Bertz CT molecular complexity index is 1710. The van der Waals surface area contributed by atoms with Crippen LogP contribution >= 0.6 is 7.75 Å². The van der Waals surface area contributed by atoms with Crippen molar-refractivity contribution in [1.82, 2.24) is 0 Å². The summed E-state index contributed by atoms with van der Waals surface area (Å²) in [6.07, 6.45) is 8.35. The molecule has 0 N–H and O–H groups in total. The summed E-state index contributed by atoms with van der Waals surface area (Å²) in [5, 5.41) is 7.01. The van der Waals surface area contributed by atoms with Crippen LogP contribution in [0.2, 0.25) is 0 Å². The molecule has 3 heteroatoms. The molecule has 1 saturated carbocycles. The molecule has 1 heterocycles. The van der Waals surface area contributed by atoms with E-state index in [-0.39, 0.29) is 0 Å². The molecule has 47 heavy (non-hydrogen) atoms. The Labute approximate surface area is 289 Å². The van der Waals surface area contributed by atoms with E-state index in [1.54, 1.807) is 28.5 Å². The Kier molecular flexibility index (Phi) is 9.31. The maximum atomic E-state index is 2.53. The van der Waals surface area contributed by atoms with E-state index in [0.717, 1.165) is 5.92 Å². The van der Waals surface area contributed by atoms with Crippen molar-refractivity contribution < 1.29 is 0 Å². The molecule has 0 spiro atoms. The summed E-state index contributed by atoms with van der Waals surface area (Å²) < 4.78 is 0. The molecule has 4 aromatic rings. The monoisotopic (exact) mass is 672 g/mol. The molecule has 0 radical (unpaired) electrons. The number of hydrogen-bond acceptors (Lipinski definition) is 0. The van der Waals surface area contributed by atoms with Gasteiger partial charge >= 0.3 is 0 Å². The molecule has 2 aliphatic rings. The molecule has 1 aliphatic heterocycles. The van der Waals surface area contributed by atoms with Crippen molar-refractivity contribution in [3.63, 3.8) is 0 Å². The van der Waals surface area contributed by atoms with Crippen molar-refractivity contribution in [2.24, 2.45) is 5.92 Å². The van der Waals surface area contributed by atoms with Gasteiger partial charge in [0.1, 0.15) is 0 Å². The Morgan fingerprint density at radius 3 is 1.06 bits per heavy atom. The molecule has 4 aromatic carbocycles. The zero-order valence-corrected chi connectivity index (χ0v) is 34.3. The summed E-state index contributed by atoms with van der Waals surface area (Å²) in [7, 11) is -3.44. The van der Waals surface area contributed by atoms with Gasteiger partial charge in [0.15, 0.2) is 14.9 Å². The second-order valence-corrected chi connectivity index (χ2v) is 31.0. The Balaban J connectivity index is 1.91. The van der Waals surface area contributed by atoms with E-state index in [2.05, 4.69) is 132 Å². The third-order valence-electron chi connectivity index (χ3n) is 11.7. The predicted molar refractivity (Wildman–Crippen MR) is 216 cm³/mol. The van der Waals surface area contributed by atoms with E-state index in [0.29, 0.717) is 0 Å². The molecule has 0 aromatic heterocycles. The van der Waals surface area contributed by atoms with Crippen molar-refractivity contribution >= 4 is 48.3 Å². The van der Waals surface area contributed by atoms with Crippen molar-refractivity contribution in [2.75, 3.05) is 0 Å². The fraction of sp³-hybridized carbons (Fsp3) is 0.432. The van der Waals surface area contributed by atoms with Gasteiger partial charge in [-0.25, -0.2) is 0 Å². The Morgan fingerprint density at radius 2 is 0.745 bits per heavy atom. The molecule has 0 bridgehead atoms. The molecule has 0 nitrogen and oxygen atoms in total. The zero-order chi connectivity index (χ0) is 34.0. The quantitative estimate of drug-likeness (QED) is 0.141. The molecule has 1 fully saturated rings. The Morgan fingerprint density at radius 1 is 0.447 bits per heavy atom. The molecule has 0 unspecified atom stereocenters.